The fourth-order valence-electron chi connectivity index (χ4n) is 5.54. The fourth-order valence-corrected chi connectivity index (χ4v) is 5.54. The van der Waals surface area contributed by atoms with Gasteiger partial charge >= 0.3 is 11.9 Å². The highest BCUT2D eigenvalue weighted by atomic mass is 16.6. The molecule has 288 valence electrons. The number of allylic oxidation sites excluding steroid dienone is 8. The van der Waals surface area contributed by atoms with Gasteiger partial charge in [0.15, 0.2) is 5.78 Å². The van der Waals surface area contributed by atoms with Gasteiger partial charge in [0.2, 0.25) is 0 Å². The Hall–Kier alpha value is -2.47. The maximum atomic E-state index is 12.0. The summed E-state index contributed by atoms with van der Waals surface area (Å²) in [5, 5.41) is 10.0. The summed E-state index contributed by atoms with van der Waals surface area (Å²) in [6.45, 7) is 6.45. The van der Waals surface area contributed by atoms with Crippen LogP contribution in [0.3, 0.4) is 0 Å². The molecule has 50 heavy (non-hydrogen) atoms. The van der Waals surface area contributed by atoms with Gasteiger partial charge in [-0.1, -0.05) is 172 Å². The van der Waals surface area contributed by atoms with Crippen LogP contribution in [0.25, 0.3) is 0 Å². The van der Waals surface area contributed by atoms with Crippen molar-refractivity contribution in [3.05, 3.63) is 48.6 Å². The van der Waals surface area contributed by atoms with Crippen molar-refractivity contribution in [1.29, 1.82) is 0 Å². The average Bonchev–Trinajstić information content (AvgIpc) is 3.11. The lowest BCUT2D eigenvalue weighted by Gasteiger charge is -2.12. The third-order valence-corrected chi connectivity index (χ3v) is 9.08. The molecule has 0 amide bonds. The van der Waals surface area contributed by atoms with Crippen molar-refractivity contribution in [3.63, 3.8) is 0 Å². The average molecular weight is 701 g/mol. The second kappa shape index (κ2) is 37.8. The van der Waals surface area contributed by atoms with E-state index in [1.165, 1.54) is 109 Å². The van der Waals surface area contributed by atoms with Gasteiger partial charge < -0.3 is 14.6 Å². The van der Waals surface area contributed by atoms with Gasteiger partial charge in [-0.2, -0.15) is 0 Å². The van der Waals surface area contributed by atoms with E-state index in [4.69, 9.17) is 9.47 Å². The molecular weight excluding hydrogens is 624 g/mol. The molecule has 1 unspecified atom stereocenters. The molecule has 0 bridgehead atoms. The zero-order valence-corrected chi connectivity index (χ0v) is 32.6. The molecule has 0 aromatic rings. The highest BCUT2D eigenvalue weighted by molar-refractivity contribution is 5.90. The molecule has 0 rings (SSSR count). The standard InChI is InChI=1S/C44H76O6/c1-4-6-7-8-9-10-11-14-18-21-24-27-30-34-41(45)35-32-37-44(48)50-39-42(46)38-49-43(47)36-31-28-25-22-19-16-13-12-15-17-20-23-26-29-33-40(3)5-2/h9-10,14,18,24,27,30,34,40,42,46H,4-8,11-13,15-17,19-23,25-26,28-29,31-33,35-39H2,1-3H3/b10-9-,18-14-,27-24-,34-30+/t40?,42-/m0/s1. The fraction of sp³-hybridized carbons (Fsp3) is 0.750. The van der Waals surface area contributed by atoms with Gasteiger partial charge in [0, 0.05) is 19.3 Å². The Labute approximate surface area is 307 Å². The van der Waals surface area contributed by atoms with Crippen LogP contribution in [-0.4, -0.2) is 42.1 Å². The maximum Gasteiger partial charge on any atom is 0.305 e. The van der Waals surface area contributed by atoms with Crippen LogP contribution < -0.4 is 0 Å². The molecule has 1 N–H and O–H groups in total. The molecule has 0 aliphatic carbocycles. The van der Waals surface area contributed by atoms with Gasteiger partial charge in [0.05, 0.1) is 0 Å². The number of ether oxygens (including phenoxy) is 2. The van der Waals surface area contributed by atoms with Crippen molar-refractivity contribution in [2.24, 2.45) is 5.92 Å². The molecule has 0 aromatic heterocycles. The molecule has 0 saturated carbocycles. The van der Waals surface area contributed by atoms with Gasteiger partial charge in [-0.05, 0) is 50.5 Å². The molecule has 2 atom stereocenters. The predicted molar refractivity (Wildman–Crippen MR) is 210 cm³/mol. The Bertz CT molecular complexity index is 917. The minimum absolute atomic E-state index is 0.0486. The van der Waals surface area contributed by atoms with Gasteiger partial charge in [0.1, 0.15) is 19.3 Å². The van der Waals surface area contributed by atoms with Crippen LogP contribution in [0.1, 0.15) is 188 Å². The lowest BCUT2D eigenvalue weighted by Crippen LogP contribution is -2.25. The summed E-state index contributed by atoms with van der Waals surface area (Å²) < 4.78 is 10.2. The summed E-state index contributed by atoms with van der Waals surface area (Å²) in [6.07, 6.45) is 43.0. The van der Waals surface area contributed by atoms with Gasteiger partial charge in [0.25, 0.3) is 0 Å². The zero-order valence-electron chi connectivity index (χ0n) is 32.6. The third kappa shape index (κ3) is 36.8. The topological polar surface area (TPSA) is 89.9 Å². The molecule has 0 radical (unpaired) electrons. The van der Waals surface area contributed by atoms with E-state index in [1.54, 1.807) is 6.08 Å². The molecular formula is C44H76O6. The zero-order chi connectivity index (χ0) is 36.8. The summed E-state index contributed by atoms with van der Waals surface area (Å²) in [4.78, 5) is 35.9. The van der Waals surface area contributed by atoms with E-state index in [1.807, 2.05) is 12.2 Å². The molecule has 0 aliphatic heterocycles. The molecule has 0 aliphatic rings. The number of unbranched alkanes of at least 4 members (excludes halogenated alkanes) is 16. The summed E-state index contributed by atoms with van der Waals surface area (Å²) in [5.41, 5.74) is 0. The van der Waals surface area contributed by atoms with Crippen LogP contribution in [0.2, 0.25) is 0 Å². The van der Waals surface area contributed by atoms with Crippen molar-refractivity contribution in [1.82, 2.24) is 0 Å². The lowest BCUT2D eigenvalue weighted by atomic mass is 9.99. The van der Waals surface area contributed by atoms with Crippen LogP contribution in [0, 0.1) is 5.92 Å². The highest BCUT2D eigenvalue weighted by Crippen LogP contribution is 2.16. The summed E-state index contributed by atoms with van der Waals surface area (Å²) in [5.74, 6) is 0.0358. The molecule has 0 saturated heterocycles. The second-order valence-corrected chi connectivity index (χ2v) is 14.0. The van der Waals surface area contributed by atoms with Crippen LogP contribution in [-0.2, 0) is 23.9 Å². The van der Waals surface area contributed by atoms with Crippen molar-refractivity contribution in [2.45, 2.75) is 194 Å². The van der Waals surface area contributed by atoms with Gasteiger partial charge in [-0.15, -0.1) is 0 Å². The van der Waals surface area contributed by atoms with E-state index in [9.17, 15) is 19.5 Å². The summed E-state index contributed by atoms with van der Waals surface area (Å²) >= 11 is 0. The van der Waals surface area contributed by atoms with E-state index in [2.05, 4.69) is 45.1 Å². The number of aliphatic hydroxyl groups is 1. The first kappa shape index (κ1) is 47.5. The first-order valence-electron chi connectivity index (χ1n) is 20.5. The van der Waals surface area contributed by atoms with Crippen LogP contribution in [0.5, 0.6) is 0 Å². The SMILES string of the molecule is CCCCC/C=C\C/C=C\C/C=C\C=C\C(=O)CCCC(=O)OC[C@@H](O)COC(=O)CCCCCCCCCCCCCCCCC(C)CC. The first-order valence-corrected chi connectivity index (χ1v) is 20.5. The number of aliphatic hydroxyl groups excluding tert-OH is 1. The van der Waals surface area contributed by atoms with Crippen LogP contribution in [0.4, 0.5) is 0 Å². The Kier molecular flexibility index (Phi) is 35.9. The number of carbonyl (C=O) groups excluding carboxylic acids is 3. The predicted octanol–water partition coefficient (Wildman–Crippen LogP) is 12.0. The number of hydrogen-bond donors (Lipinski definition) is 1. The number of rotatable bonds is 36. The Morgan fingerprint density at radius 1 is 0.560 bits per heavy atom. The molecule has 0 heterocycles. The Balaban J connectivity index is 3.61. The smallest absolute Gasteiger partial charge is 0.305 e. The van der Waals surface area contributed by atoms with Crippen molar-refractivity contribution in [2.75, 3.05) is 13.2 Å². The molecule has 6 nitrogen and oxygen atoms in total. The van der Waals surface area contributed by atoms with E-state index < -0.39 is 12.1 Å². The van der Waals surface area contributed by atoms with Crippen molar-refractivity contribution < 1.29 is 29.0 Å². The van der Waals surface area contributed by atoms with E-state index in [0.717, 1.165) is 44.4 Å². The molecule has 0 aromatic carbocycles. The lowest BCUT2D eigenvalue weighted by molar-refractivity contribution is -0.152. The Morgan fingerprint density at radius 3 is 1.62 bits per heavy atom. The Morgan fingerprint density at radius 2 is 1.06 bits per heavy atom. The summed E-state index contributed by atoms with van der Waals surface area (Å²) in [7, 11) is 0. The minimum Gasteiger partial charge on any atom is -0.463 e. The number of esters is 2. The highest BCUT2D eigenvalue weighted by Gasteiger charge is 2.12. The number of ketones is 1. The van der Waals surface area contributed by atoms with E-state index in [-0.39, 0.29) is 37.8 Å². The monoisotopic (exact) mass is 701 g/mol. The molecule has 0 spiro atoms. The molecule has 6 heteroatoms. The van der Waals surface area contributed by atoms with Crippen LogP contribution in [0.15, 0.2) is 48.6 Å². The normalized spacial score (nSPS) is 13.2. The first-order chi connectivity index (χ1) is 24.4. The van der Waals surface area contributed by atoms with Crippen LogP contribution >= 0.6 is 0 Å². The number of hydrogen-bond acceptors (Lipinski definition) is 6. The summed E-state index contributed by atoms with van der Waals surface area (Å²) in [6, 6.07) is 0. The van der Waals surface area contributed by atoms with Gasteiger partial charge in [-0.3, -0.25) is 14.4 Å². The van der Waals surface area contributed by atoms with Crippen molar-refractivity contribution in [3.8, 4) is 0 Å². The second-order valence-electron chi connectivity index (χ2n) is 14.0. The quantitative estimate of drug-likeness (QED) is 0.0230. The number of carbonyl (C=O) groups is 3. The maximum absolute atomic E-state index is 12.0. The largest absolute Gasteiger partial charge is 0.463 e. The van der Waals surface area contributed by atoms with Gasteiger partial charge in [-0.25, -0.2) is 0 Å². The van der Waals surface area contributed by atoms with E-state index >= 15 is 0 Å². The minimum atomic E-state index is -1.06. The molecule has 0 fully saturated rings. The van der Waals surface area contributed by atoms with Crippen molar-refractivity contribution >= 4 is 17.7 Å². The van der Waals surface area contributed by atoms with E-state index in [0.29, 0.717) is 12.8 Å². The third-order valence-electron chi connectivity index (χ3n) is 9.08.